The maximum absolute atomic E-state index is 15.1. The molecule has 110 heavy (non-hydrogen) atoms. The summed E-state index contributed by atoms with van der Waals surface area (Å²) < 4.78 is 73.8. The molecule has 0 spiro atoms. The molecule has 0 amide bonds. The molecule has 0 aliphatic carbocycles. The number of fused-ring (bicyclic) bond motifs is 5. The number of hydrogen-bond donors (Lipinski definition) is 4. The third-order valence-corrected chi connectivity index (χ3v) is 25.2. The number of benzene rings is 3. The van der Waals surface area contributed by atoms with Crippen LogP contribution in [0.1, 0.15) is 203 Å². The van der Waals surface area contributed by atoms with Crippen LogP contribution in [0.3, 0.4) is 0 Å². The molecule has 5 aliphatic rings. The number of imidazole rings is 2. The third-order valence-electron chi connectivity index (χ3n) is 20.8. The van der Waals surface area contributed by atoms with Gasteiger partial charge in [0.25, 0.3) is 0 Å². The fourth-order valence-corrected chi connectivity index (χ4v) is 19.8. The molecule has 602 valence electrons. The SMILES string of the molecule is C.C.CC1(C)OB(B2OC(C)(C)C(C)(C)O2)OC1(C)C.CN(c1nc2c(F)cc(Br)cc2s1)C1CC(C)(C)NC(C)(C)C1.CNC1CC(C)(C)NC(C)(C)C1.Cc1cn2nc(-c3cc(F)c4nc(N(C)C5CC(C)(C)NC(C)(C)C5)sc4c3)ccc2n1.Cc1cn2nc(Cl)ccc2n1.Fc1cc(Br)cc2sc(Cl)nc12. The van der Waals surface area contributed by atoms with Crippen molar-refractivity contribution in [1.29, 1.82) is 0 Å². The van der Waals surface area contributed by atoms with Gasteiger partial charge in [-0.25, -0.2) is 47.1 Å². The molecule has 0 unspecified atom stereocenters. The van der Waals surface area contributed by atoms with Gasteiger partial charge in [-0.05, 0) is 259 Å². The Morgan fingerprint density at radius 3 is 1.23 bits per heavy atom. The first-order valence-corrected chi connectivity index (χ1v) is 41.3. The lowest BCUT2D eigenvalue weighted by Crippen LogP contribution is -2.61. The second kappa shape index (κ2) is 33.9. The average molecular weight is 1740 g/mol. The van der Waals surface area contributed by atoms with Crippen LogP contribution < -0.4 is 31.1 Å². The molecule has 4 N–H and O–H groups in total. The van der Waals surface area contributed by atoms with Crippen LogP contribution in [0.4, 0.5) is 23.4 Å². The van der Waals surface area contributed by atoms with Crippen molar-refractivity contribution in [3.63, 3.8) is 0 Å². The number of anilines is 2. The molecular formula is C79H114B2Br2Cl2F3N15O4S3. The molecule has 3 aromatic carbocycles. The number of hydrogen-bond acceptors (Lipinski definition) is 20. The second-order valence-corrected chi connectivity index (χ2v) is 41.0. The van der Waals surface area contributed by atoms with Gasteiger partial charge in [0.05, 0.1) is 66.0 Å². The second-order valence-electron chi connectivity index (χ2n) is 35.1. The van der Waals surface area contributed by atoms with E-state index in [1.165, 1.54) is 53.7 Å². The minimum atomic E-state index is -0.476. The molecule has 15 rings (SSSR count). The number of piperidine rings is 3. The van der Waals surface area contributed by atoms with E-state index in [0.29, 0.717) is 54.5 Å². The highest BCUT2D eigenvalue weighted by molar-refractivity contribution is 9.10. The summed E-state index contributed by atoms with van der Waals surface area (Å²) in [6, 6.07) is 18.8. The molecule has 0 saturated carbocycles. The van der Waals surface area contributed by atoms with Crippen molar-refractivity contribution in [3.8, 4) is 11.3 Å². The van der Waals surface area contributed by atoms with Crippen molar-refractivity contribution in [2.45, 2.75) is 279 Å². The Balaban J connectivity index is 0.000000173. The molecule has 5 aliphatic heterocycles. The van der Waals surface area contributed by atoms with E-state index in [-0.39, 0.29) is 87.9 Å². The first-order valence-electron chi connectivity index (χ1n) is 36.5. The number of aromatic nitrogens is 9. The number of nitrogens with zero attached hydrogens (tertiary/aromatic N) is 11. The average Bonchev–Trinajstić information content (AvgIpc) is 1.59. The van der Waals surface area contributed by atoms with Gasteiger partial charge in [-0.1, -0.05) is 92.6 Å². The Bertz CT molecular complexity index is 4760. The maximum atomic E-state index is 15.1. The van der Waals surface area contributed by atoms with E-state index in [0.717, 1.165) is 82.8 Å². The van der Waals surface area contributed by atoms with Gasteiger partial charge in [0.15, 0.2) is 43.5 Å². The highest BCUT2D eigenvalue weighted by atomic mass is 79.9. The lowest BCUT2D eigenvalue weighted by Gasteiger charge is -2.49. The minimum absolute atomic E-state index is 0. The lowest BCUT2D eigenvalue weighted by atomic mass is 9.49. The van der Waals surface area contributed by atoms with E-state index >= 15 is 4.39 Å². The third kappa shape index (κ3) is 22.1. The van der Waals surface area contributed by atoms with E-state index in [4.69, 9.17) is 41.8 Å². The van der Waals surface area contributed by atoms with Crippen molar-refractivity contribution in [2.75, 3.05) is 30.9 Å². The zero-order chi connectivity index (χ0) is 79.8. The van der Waals surface area contributed by atoms with Gasteiger partial charge in [-0.15, -0.1) is 11.3 Å². The number of halogens is 7. The Kier molecular flexibility index (Phi) is 28.0. The fraction of sp³-hybridized carbons (Fsp3) is 0.582. The molecule has 12 heterocycles. The summed E-state index contributed by atoms with van der Waals surface area (Å²) in [6.07, 6.45) is 10.2. The van der Waals surface area contributed by atoms with E-state index in [2.05, 4.69) is 202 Å². The summed E-state index contributed by atoms with van der Waals surface area (Å²) in [5.74, 6) is -0.929. The van der Waals surface area contributed by atoms with Crippen LogP contribution in [-0.4, -0.2) is 153 Å². The monoisotopic (exact) mass is 1740 g/mol. The fourth-order valence-electron chi connectivity index (χ4n) is 15.4. The van der Waals surface area contributed by atoms with Crippen LogP contribution in [0.25, 0.3) is 53.2 Å². The first kappa shape index (κ1) is 90.8. The van der Waals surface area contributed by atoms with Crippen molar-refractivity contribution < 1.29 is 31.8 Å². The smallest absolute Gasteiger partial charge is 0.405 e. The predicted molar refractivity (Wildman–Crippen MR) is 463 cm³/mol. The van der Waals surface area contributed by atoms with Gasteiger partial charge < -0.3 is 49.7 Å². The van der Waals surface area contributed by atoms with Crippen LogP contribution in [0, 0.1) is 31.3 Å². The molecule has 0 bridgehead atoms. The normalized spacial score (nSPS) is 20.4. The summed E-state index contributed by atoms with van der Waals surface area (Å²) >= 11 is 22.2. The molecule has 5 saturated heterocycles. The highest BCUT2D eigenvalue weighted by Gasteiger charge is 2.64. The Hall–Kier alpha value is -4.69. The van der Waals surface area contributed by atoms with E-state index in [1.54, 1.807) is 32.5 Å². The molecule has 10 aromatic rings. The molecule has 5 fully saturated rings. The summed E-state index contributed by atoms with van der Waals surface area (Å²) in [5, 5.41) is 25.3. The minimum Gasteiger partial charge on any atom is -0.405 e. The number of thiazole rings is 3. The molecule has 19 nitrogen and oxygen atoms in total. The lowest BCUT2D eigenvalue weighted by molar-refractivity contribution is 0.00578. The van der Waals surface area contributed by atoms with Gasteiger partial charge >= 0.3 is 14.0 Å². The van der Waals surface area contributed by atoms with Gasteiger partial charge in [0.2, 0.25) is 0 Å². The highest BCUT2D eigenvalue weighted by Crippen LogP contribution is 2.45. The van der Waals surface area contributed by atoms with E-state index in [1.807, 2.05) is 112 Å². The van der Waals surface area contributed by atoms with E-state index < -0.39 is 14.0 Å². The standard InChI is InChI=1S/C24H29FN6S.C17H23BrFN3S.C12H24B2O4.C10H22N2.C7H2BrClFNS.C7H6ClN3.2CH4/c1-14-13-31-20(26-14)8-7-18(28-31)15-9-17(25)21-19(10-15)32-22(27-21)30(6)16-11-23(2,3)29-24(4,5)12-16;1-16(2)8-11(9-17(3,4)21-16)22(5)15-20-14-12(19)6-10(18)7-13(14)23-15;1-9(2)10(3,4)16-13(15-9)14-17-11(5,6)12(7,8)18-14;1-9(2)6-8(11-5)7-10(3,4)12-9;8-3-1-4(10)6-5(2-3)12-7(9)11-6;1-5-4-11-7(9-5)3-2-6(8)10-11;;/h7-10,13,16,29H,11-12H2,1-6H3;6-7,11,21H,8-9H2,1-5H3;1-8H3;8,11-12H,6-7H2,1-5H3;1-2H;2-4H,1H3;2*1H4. The van der Waals surface area contributed by atoms with Crippen molar-refractivity contribution in [1.82, 2.24) is 65.4 Å². The zero-order valence-corrected chi connectivity index (χ0v) is 74.1. The largest absolute Gasteiger partial charge is 0.488 e. The van der Waals surface area contributed by atoms with Gasteiger partial charge in [0.1, 0.15) is 21.7 Å². The Morgan fingerprint density at radius 2 is 0.827 bits per heavy atom. The van der Waals surface area contributed by atoms with Gasteiger partial charge in [0, 0.05) is 80.0 Å². The molecule has 0 atom stereocenters. The number of rotatable bonds is 7. The number of aryl methyl sites for hydroxylation is 2. The van der Waals surface area contributed by atoms with Crippen molar-refractivity contribution in [2.24, 2.45) is 0 Å². The molecular weight excluding hydrogens is 1630 g/mol. The number of nitrogens with one attached hydrogen (secondary N) is 4. The van der Waals surface area contributed by atoms with Gasteiger partial charge in [-0.3, -0.25) is 0 Å². The topological polar surface area (TPSA) is 191 Å². The van der Waals surface area contributed by atoms with Crippen LogP contribution in [0.2, 0.25) is 9.62 Å². The Morgan fingerprint density at radius 1 is 0.482 bits per heavy atom. The molecule has 31 heteroatoms. The summed E-state index contributed by atoms with van der Waals surface area (Å²) in [4.78, 5) is 26.1. The van der Waals surface area contributed by atoms with Crippen molar-refractivity contribution in [3.05, 3.63) is 120 Å². The van der Waals surface area contributed by atoms with Gasteiger partial charge in [-0.2, -0.15) is 10.2 Å². The first-order chi connectivity index (χ1) is 49.7. The summed E-state index contributed by atoms with van der Waals surface area (Å²) in [5.41, 5.74) is 5.45. The van der Waals surface area contributed by atoms with Crippen LogP contribution in [-0.2, 0) is 18.6 Å². The molecule has 7 aromatic heterocycles. The summed E-state index contributed by atoms with van der Waals surface area (Å²) in [6.45, 7) is 47.1. The van der Waals surface area contributed by atoms with Crippen LogP contribution in [0.15, 0.2) is 82.0 Å². The quantitative estimate of drug-likeness (QED) is 0.110. The maximum Gasteiger partial charge on any atom is 0.488 e. The van der Waals surface area contributed by atoms with Crippen LogP contribution >= 0.6 is 89.1 Å². The van der Waals surface area contributed by atoms with Crippen LogP contribution in [0.5, 0.6) is 0 Å². The van der Waals surface area contributed by atoms with E-state index in [9.17, 15) is 8.78 Å². The summed E-state index contributed by atoms with van der Waals surface area (Å²) in [7, 11) is 5.26. The van der Waals surface area contributed by atoms with Crippen molar-refractivity contribution >= 4 is 155 Å². The molecule has 0 radical (unpaired) electrons. The zero-order valence-electron chi connectivity index (χ0n) is 67.0. The Labute approximate surface area is 689 Å². The predicted octanol–water partition coefficient (Wildman–Crippen LogP) is 20.7.